The molecule has 0 spiro atoms. The number of nitrogens with zero attached hydrogens (tertiary/aromatic N) is 1. The lowest BCUT2D eigenvalue weighted by molar-refractivity contribution is -0.138. The number of urea groups is 1. The molecule has 108 valence electrons. The van der Waals surface area contributed by atoms with E-state index < -0.39 is 5.97 Å². The minimum atomic E-state index is -0.848. The summed E-state index contributed by atoms with van der Waals surface area (Å²) >= 11 is 0. The van der Waals surface area contributed by atoms with Gasteiger partial charge in [0.05, 0.1) is 19.1 Å². The molecule has 0 aromatic rings. The molecule has 0 aromatic carbocycles. The Labute approximate surface area is 113 Å². The summed E-state index contributed by atoms with van der Waals surface area (Å²) in [7, 11) is 0. The lowest BCUT2D eigenvalue weighted by Gasteiger charge is -2.31. The van der Waals surface area contributed by atoms with Gasteiger partial charge in [-0.05, 0) is 19.3 Å². The Morgan fingerprint density at radius 3 is 2.68 bits per heavy atom. The van der Waals surface area contributed by atoms with E-state index in [9.17, 15) is 9.59 Å². The van der Waals surface area contributed by atoms with E-state index in [1.807, 2.05) is 0 Å². The lowest BCUT2D eigenvalue weighted by atomic mass is 10.1. The quantitative estimate of drug-likeness (QED) is 0.538. The van der Waals surface area contributed by atoms with Crippen molar-refractivity contribution in [3.05, 3.63) is 12.7 Å². The molecule has 19 heavy (non-hydrogen) atoms. The van der Waals surface area contributed by atoms with Crippen LogP contribution in [0.4, 0.5) is 4.79 Å². The fourth-order valence-electron chi connectivity index (χ4n) is 1.93. The van der Waals surface area contributed by atoms with E-state index in [0.29, 0.717) is 19.6 Å². The third-order valence-electron chi connectivity index (χ3n) is 3.02. The number of carbonyl (C=O) groups excluding carboxylic acids is 1. The number of amides is 2. The summed E-state index contributed by atoms with van der Waals surface area (Å²) in [6, 6.07) is -0.0502. The third-order valence-corrected chi connectivity index (χ3v) is 3.02. The van der Waals surface area contributed by atoms with Gasteiger partial charge in [-0.2, -0.15) is 0 Å². The molecule has 0 bridgehead atoms. The van der Waals surface area contributed by atoms with Gasteiger partial charge in [0.25, 0.3) is 0 Å². The molecule has 0 unspecified atom stereocenters. The maximum absolute atomic E-state index is 11.7. The number of aliphatic carboxylic acids is 1. The number of nitrogens with one attached hydrogen (secondary N) is 1. The van der Waals surface area contributed by atoms with Crippen LogP contribution < -0.4 is 5.32 Å². The first-order chi connectivity index (χ1) is 9.13. The molecular formula is C13H22N2O4. The van der Waals surface area contributed by atoms with Crippen LogP contribution in [0.25, 0.3) is 0 Å². The highest BCUT2D eigenvalue weighted by molar-refractivity contribution is 5.74. The number of hydrogen-bond donors (Lipinski definition) is 2. The monoisotopic (exact) mass is 270 g/mol. The van der Waals surface area contributed by atoms with Gasteiger partial charge in [0.15, 0.2) is 0 Å². The molecule has 0 saturated carbocycles. The van der Waals surface area contributed by atoms with Gasteiger partial charge in [-0.15, -0.1) is 6.58 Å². The molecule has 6 heteroatoms. The van der Waals surface area contributed by atoms with Gasteiger partial charge in [-0.1, -0.05) is 6.08 Å². The predicted octanol–water partition coefficient (Wildman–Crippen LogP) is 1.23. The van der Waals surface area contributed by atoms with Gasteiger partial charge in [-0.25, -0.2) is 4.79 Å². The van der Waals surface area contributed by atoms with Crippen LogP contribution in [0.2, 0.25) is 0 Å². The number of carboxylic acids is 1. The summed E-state index contributed by atoms with van der Waals surface area (Å²) in [5.41, 5.74) is 0. The smallest absolute Gasteiger partial charge is 0.317 e. The maximum Gasteiger partial charge on any atom is 0.317 e. The van der Waals surface area contributed by atoms with Gasteiger partial charge in [-0.3, -0.25) is 4.79 Å². The number of likely N-dealkylation sites (tertiary alicyclic amines) is 1. The number of ether oxygens (including phenoxy) is 1. The molecule has 1 saturated heterocycles. The van der Waals surface area contributed by atoms with Gasteiger partial charge in [0.1, 0.15) is 0 Å². The van der Waals surface area contributed by atoms with Crippen LogP contribution in [0.1, 0.15) is 25.7 Å². The Hall–Kier alpha value is -1.56. The Kier molecular flexibility index (Phi) is 6.95. The average molecular weight is 270 g/mol. The van der Waals surface area contributed by atoms with Gasteiger partial charge in [0, 0.05) is 19.6 Å². The molecule has 1 fully saturated rings. The summed E-state index contributed by atoms with van der Waals surface area (Å²) in [5.74, 6) is -0.848. The van der Waals surface area contributed by atoms with Crippen LogP contribution in [-0.2, 0) is 9.53 Å². The summed E-state index contributed by atoms with van der Waals surface area (Å²) in [5, 5.41) is 11.3. The Bertz CT molecular complexity index is 312. The Morgan fingerprint density at radius 2 is 2.11 bits per heavy atom. The topological polar surface area (TPSA) is 78.9 Å². The first-order valence-corrected chi connectivity index (χ1v) is 6.60. The number of hydrogen-bond acceptors (Lipinski definition) is 3. The second kappa shape index (κ2) is 8.53. The summed E-state index contributed by atoms with van der Waals surface area (Å²) < 4.78 is 5.47. The molecule has 2 N–H and O–H groups in total. The largest absolute Gasteiger partial charge is 0.481 e. The summed E-state index contributed by atoms with van der Waals surface area (Å²) in [4.78, 5) is 23.9. The summed E-state index contributed by atoms with van der Waals surface area (Å²) in [6.45, 7) is 5.75. The van der Waals surface area contributed by atoms with Crippen molar-refractivity contribution in [1.29, 1.82) is 0 Å². The van der Waals surface area contributed by atoms with Crippen molar-refractivity contribution < 1.29 is 19.4 Å². The number of carbonyl (C=O) groups is 2. The van der Waals surface area contributed by atoms with Crippen molar-refractivity contribution in [3.8, 4) is 0 Å². The minimum Gasteiger partial charge on any atom is -0.481 e. The van der Waals surface area contributed by atoms with E-state index >= 15 is 0 Å². The van der Waals surface area contributed by atoms with Crippen molar-refractivity contribution in [1.82, 2.24) is 10.2 Å². The third kappa shape index (κ3) is 6.24. The van der Waals surface area contributed by atoms with Gasteiger partial charge >= 0.3 is 12.0 Å². The van der Waals surface area contributed by atoms with Crippen LogP contribution in [0.3, 0.4) is 0 Å². The molecular weight excluding hydrogens is 248 g/mol. The molecule has 2 amide bonds. The van der Waals surface area contributed by atoms with Crippen LogP contribution in [-0.4, -0.2) is 54.4 Å². The highest BCUT2D eigenvalue weighted by atomic mass is 16.5. The molecule has 1 rings (SSSR count). The van der Waals surface area contributed by atoms with Gasteiger partial charge in [0.2, 0.25) is 0 Å². The van der Waals surface area contributed by atoms with Crippen LogP contribution in [0, 0.1) is 0 Å². The fraction of sp³-hybridized carbons (Fsp3) is 0.692. The molecule has 1 aliphatic heterocycles. The van der Waals surface area contributed by atoms with Crippen molar-refractivity contribution in [2.45, 2.75) is 31.8 Å². The molecule has 1 aliphatic rings. The zero-order chi connectivity index (χ0) is 14.1. The molecule has 0 aliphatic carbocycles. The second-order valence-electron chi connectivity index (χ2n) is 4.51. The van der Waals surface area contributed by atoms with Crippen LogP contribution >= 0.6 is 0 Å². The second-order valence-corrected chi connectivity index (χ2v) is 4.51. The van der Waals surface area contributed by atoms with Crippen LogP contribution in [0.15, 0.2) is 12.7 Å². The van der Waals surface area contributed by atoms with Crippen molar-refractivity contribution >= 4 is 12.0 Å². The summed E-state index contributed by atoms with van der Waals surface area (Å²) in [6.07, 6.45) is 4.14. The zero-order valence-electron chi connectivity index (χ0n) is 11.1. The number of piperidine rings is 1. The number of rotatable bonds is 7. The van der Waals surface area contributed by atoms with Crippen molar-refractivity contribution in [2.24, 2.45) is 0 Å². The average Bonchev–Trinajstić information content (AvgIpc) is 2.39. The van der Waals surface area contributed by atoms with E-state index in [1.54, 1.807) is 11.0 Å². The van der Waals surface area contributed by atoms with Crippen molar-refractivity contribution in [2.75, 3.05) is 26.2 Å². The number of carboxylic acid groups (broad SMARTS) is 1. The standard InChI is InChI=1S/C13H22N2O4/c1-2-3-7-14-13(18)15-8-4-11(5-9-15)19-10-6-12(16)17/h2,11H,1,3-10H2,(H,14,18)(H,16,17). The Balaban J connectivity index is 2.15. The van der Waals surface area contributed by atoms with E-state index in [1.165, 1.54) is 0 Å². The van der Waals surface area contributed by atoms with E-state index in [0.717, 1.165) is 19.3 Å². The van der Waals surface area contributed by atoms with E-state index in [2.05, 4.69) is 11.9 Å². The lowest BCUT2D eigenvalue weighted by Crippen LogP contribution is -2.46. The molecule has 1 heterocycles. The van der Waals surface area contributed by atoms with Crippen LogP contribution in [0.5, 0.6) is 0 Å². The molecule has 0 aromatic heterocycles. The molecule has 6 nitrogen and oxygen atoms in total. The fourth-order valence-corrected chi connectivity index (χ4v) is 1.93. The maximum atomic E-state index is 11.7. The van der Waals surface area contributed by atoms with Crippen molar-refractivity contribution in [3.63, 3.8) is 0 Å². The first-order valence-electron chi connectivity index (χ1n) is 6.60. The molecule has 0 radical (unpaired) electrons. The Morgan fingerprint density at radius 1 is 1.42 bits per heavy atom. The first kappa shape index (κ1) is 15.5. The van der Waals surface area contributed by atoms with E-state index in [4.69, 9.17) is 9.84 Å². The predicted molar refractivity (Wildman–Crippen MR) is 71.0 cm³/mol. The minimum absolute atomic E-state index is 0.0300. The van der Waals surface area contributed by atoms with E-state index in [-0.39, 0.29) is 25.2 Å². The molecule has 0 atom stereocenters. The highest BCUT2D eigenvalue weighted by Gasteiger charge is 2.22. The SMILES string of the molecule is C=CCCNC(=O)N1CCC(OCCC(=O)O)CC1. The highest BCUT2D eigenvalue weighted by Crippen LogP contribution is 2.13. The zero-order valence-corrected chi connectivity index (χ0v) is 11.1. The normalized spacial score (nSPS) is 16.1. The van der Waals surface area contributed by atoms with Gasteiger partial charge < -0.3 is 20.1 Å².